The number of benzene rings is 2. The molecule has 3 aromatic rings. The summed E-state index contributed by atoms with van der Waals surface area (Å²) in [6.45, 7) is 3.04. The average molecular weight is 471 g/mol. The number of rotatable bonds is 5. The van der Waals surface area contributed by atoms with E-state index in [1.54, 1.807) is 43.3 Å². The van der Waals surface area contributed by atoms with Gasteiger partial charge in [0.15, 0.2) is 11.5 Å². The molecule has 0 fully saturated rings. The molecule has 1 unspecified atom stereocenters. The highest BCUT2D eigenvalue weighted by Crippen LogP contribution is 2.48. The van der Waals surface area contributed by atoms with Crippen LogP contribution in [-0.4, -0.2) is 17.1 Å². The van der Waals surface area contributed by atoms with E-state index in [9.17, 15) is 23.1 Å². The highest BCUT2D eigenvalue weighted by Gasteiger charge is 2.38. The number of allylic oxidation sites excluding steroid dienone is 5. The van der Waals surface area contributed by atoms with Crippen LogP contribution in [0.4, 0.5) is 13.2 Å². The summed E-state index contributed by atoms with van der Waals surface area (Å²) in [5.74, 6) is 0.479. The Bertz CT molecular complexity index is 1290. The second kappa shape index (κ2) is 8.90. The van der Waals surface area contributed by atoms with Crippen LogP contribution in [0.1, 0.15) is 30.7 Å². The first-order valence-corrected chi connectivity index (χ1v) is 11.1. The third-order valence-corrected chi connectivity index (χ3v) is 6.59. The molecule has 0 aliphatic heterocycles. The molecular formula is C26H21F3O3S. The molecular weight excluding hydrogens is 449 g/mol. The van der Waals surface area contributed by atoms with Gasteiger partial charge in [0.1, 0.15) is 11.5 Å². The molecule has 0 saturated heterocycles. The zero-order valence-corrected chi connectivity index (χ0v) is 18.8. The number of hydrogen-bond donors (Lipinski definition) is 1. The van der Waals surface area contributed by atoms with Gasteiger partial charge in [0.05, 0.1) is 4.88 Å². The van der Waals surface area contributed by atoms with Gasteiger partial charge in [-0.2, -0.15) is 13.2 Å². The number of hydrogen-bond acceptors (Lipinski definition) is 4. The summed E-state index contributed by atoms with van der Waals surface area (Å²) in [6, 6.07) is 12.1. The molecule has 4 rings (SSSR count). The Morgan fingerprint density at radius 2 is 1.88 bits per heavy atom. The van der Waals surface area contributed by atoms with Crippen LogP contribution < -0.4 is 4.74 Å². The number of carbonyl (C=O) groups is 1. The Morgan fingerprint density at radius 1 is 1.15 bits per heavy atom. The van der Waals surface area contributed by atoms with Crippen LogP contribution in [0.2, 0.25) is 0 Å². The second-order valence-electron chi connectivity index (χ2n) is 7.97. The highest BCUT2D eigenvalue weighted by atomic mass is 32.1. The van der Waals surface area contributed by atoms with Crippen molar-refractivity contribution in [3.8, 4) is 17.2 Å². The molecule has 33 heavy (non-hydrogen) atoms. The molecule has 0 spiro atoms. The minimum absolute atomic E-state index is 0.0503. The lowest BCUT2D eigenvalue weighted by atomic mass is 9.87. The molecule has 7 heteroatoms. The number of aromatic hydroxyl groups is 1. The Hall–Kier alpha value is -3.32. The molecule has 0 amide bonds. The van der Waals surface area contributed by atoms with Crippen molar-refractivity contribution in [3.05, 3.63) is 76.7 Å². The molecule has 1 aliphatic rings. The van der Waals surface area contributed by atoms with E-state index in [1.165, 1.54) is 30.4 Å². The number of carbonyl (C=O) groups excluding carboxylic acids is 1. The molecule has 3 nitrogen and oxygen atoms in total. The van der Waals surface area contributed by atoms with Crippen molar-refractivity contribution >= 4 is 38.9 Å². The van der Waals surface area contributed by atoms with Crippen molar-refractivity contribution in [1.82, 2.24) is 0 Å². The molecule has 1 heterocycles. The summed E-state index contributed by atoms with van der Waals surface area (Å²) in [6.07, 6.45) is 1.72. The van der Waals surface area contributed by atoms with Crippen molar-refractivity contribution in [1.29, 1.82) is 0 Å². The quantitative estimate of drug-likeness (QED) is 0.385. The maximum absolute atomic E-state index is 13.3. The summed E-state index contributed by atoms with van der Waals surface area (Å²) in [5.41, 5.74) is 1.06. The van der Waals surface area contributed by atoms with Gasteiger partial charge in [-0.25, -0.2) is 0 Å². The summed E-state index contributed by atoms with van der Waals surface area (Å²) in [7, 11) is 0. The Morgan fingerprint density at radius 3 is 2.52 bits per heavy atom. The smallest absolute Gasteiger partial charge is 0.412 e. The minimum Gasteiger partial charge on any atom is -0.508 e. The topological polar surface area (TPSA) is 46.5 Å². The van der Waals surface area contributed by atoms with Crippen molar-refractivity contribution in [2.75, 3.05) is 0 Å². The van der Waals surface area contributed by atoms with E-state index >= 15 is 0 Å². The van der Waals surface area contributed by atoms with Gasteiger partial charge in [-0.15, -0.1) is 11.3 Å². The monoisotopic (exact) mass is 470 g/mol. The summed E-state index contributed by atoms with van der Waals surface area (Å²) in [4.78, 5) is 11.9. The van der Waals surface area contributed by atoms with E-state index in [1.807, 2.05) is 12.1 Å². The van der Waals surface area contributed by atoms with E-state index in [0.29, 0.717) is 11.5 Å². The SMILES string of the molecule is CC(=O)/C=C/c1ccc(Oc2c(C3=CC=C(C(F)(F)F)C(C)C3)sc3cc(O)ccc23)cc1. The molecule has 0 bridgehead atoms. The molecule has 170 valence electrons. The maximum atomic E-state index is 13.3. The zero-order valence-electron chi connectivity index (χ0n) is 17.9. The van der Waals surface area contributed by atoms with Crippen molar-refractivity contribution in [2.45, 2.75) is 26.4 Å². The fraction of sp³-hybridized carbons (Fsp3) is 0.192. The van der Waals surface area contributed by atoms with Crippen LogP contribution >= 0.6 is 11.3 Å². The lowest BCUT2D eigenvalue weighted by Crippen LogP contribution is -2.20. The van der Waals surface area contributed by atoms with Gasteiger partial charge in [0, 0.05) is 15.7 Å². The highest BCUT2D eigenvalue weighted by molar-refractivity contribution is 7.20. The van der Waals surface area contributed by atoms with Crippen LogP contribution in [0.25, 0.3) is 21.7 Å². The first-order chi connectivity index (χ1) is 15.6. The lowest BCUT2D eigenvalue weighted by Gasteiger charge is -2.23. The number of alkyl halides is 3. The lowest BCUT2D eigenvalue weighted by molar-refractivity contribution is -0.112. The first-order valence-electron chi connectivity index (χ1n) is 10.3. The number of phenolic OH excluding ortho intramolecular Hbond substituents is 1. The second-order valence-corrected chi connectivity index (χ2v) is 9.02. The van der Waals surface area contributed by atoms with E-state index < -0.39 is 17.7 Å². The third kappa shape index (κ3) is 5.03. The minimum atomic E-state index is -4.36. The maximum Gasteiger partial charge on any atom is 0.412 e. The fourth-order valence-corrected chi connectivity index (χ4v) is 4.95. The molecule has 0 radical (unpaired) electrons. The summed E-state index contributed by atoms with van der Waals surface area (Å²) < 4.78 is 46.8. The number of thiophene rings is 1. The molecule has 1 aromatic heterocycles. The van der Waals surface area contributed by atoms with Gasteiger partial charge in [0.25, 0.3) is 0 Å². The Balaban J connectivity index is 1.74. The van der Waals surface area contributed by atoms with Crippen LogP contribution in [0, 0.1) is 5.92 Å². The molecule has 1 N–H and O–H groups in total. The van der Waals surface area contributed by atoms with Crippen molar-refractivity contribution < 1.29 is 27.8 Å². The third-order valence-electron chi connectivity index (χ3n) is 5.38. The normalized spacial score (nSPS) is 16.7. The Labute approximate surface area is 193 Å². The fourth-order valence-electron chi connectivity index (χ4n) is 3.76. The van der Waals surface area contributed by atoms with Gasteiger partial charge in [-0.05, 0) is 66.8 Å². The number of halogens is 3. The van der Waals surface area contributed by atoms with E-state index in [4.69, 9.17) is 4.74 Å². The summed E-state index contributed by atoms with van der Waals surface area (Å²) >= 11 is 1.38. The first kappa shape index (κ1) is 22.9. The number of ketones is 1. The predicted molar refractivity (Wildman–Crippen MR) is 126 cm³/mol. The van der Waals surface area contributed by atoms with Crippen LogP contribution in [0.3, 0.4) is 0 Å². The largest absolute Gasteiger partial charge is 0.508 e. The van der Waals surface area contributed by atoms with Gasteiger partial charge in [0.2, 0.25) is 0 Å². The van der Waals surface area contributed by atoms with Gasteiger partial charge >= 0.3 is 6.18 Å². The molecule has 1 aliphatic carbocycles. The van der Waals surface area contributed by atoms with Crippen molar-refractivity contribution in [3.63, 3.8) is 0 Å². The van der Waals surface area contributed by atoms with Crippen LogP contribution in [0.5, 0.6) is 17.2 Å². The Kier molecular flexibility index (Phi) is 6.17. The molecule has 0 saturated carbocycles. The number of ether oxygens (including phenoxy) is 1. The van der Waals surface area contributed by atoms with Crippen molar-refractivity contribution in [2.24, 2.45) is 5.92 Å². The number of fused-ring (bicyclic) bond motifs is 1. The predicted octanol–water partition coefficient (Wildman–Crippen LogP) is 7.91. The molecule has 1 atom stereocenters. The van der Waals surface area contributed by atoms with E-state index in [-0.39, 0.29) is 18.0 Å². The van der Waals surface area contributed by atoms with Crippen LogP contribution in [-0.2, 0) is 4.79 Å². The average Bonchev–Trinajstić information content (AvgIpc) is 3.09. The number of phenols is 1. The molecule has 2 aromatic carbocycles. The zero-order chi connectivity index (χ0) is 23.8. The van der Waals surface area contributed by atoms with E-state index in [2.05, 4.69) is 0 Å². The standard InChI is InChI=1S/C26H21F3O3S/c1-15-13-18(7-12-22(15)26(27,28)29)25-24(21-11-8-19(31)14-23(21)33-25)32-20-9-5-17(6-10-20)4-3-16(2)30/h3-12,14-15,31H,13H2,1-2H3/b4-3+. The van der Waals surface area contributed by atoms with Gasteiger partial charge in [-0.1, -0.05) is 37.3 Å². The van der Waals surface area contributed by atoms with Gasteiger partial charge in [-0.3, -0.25) is 4.79 Å². The van der Waals surface area contributed by atoms with Crippen LogP contribution in [0.15, 0.2) is 66.3 Å². The van der Waals surface area contributed by atoms with Gasteiger partial charge < -0.3 is 9.84 Å². The summed E-state index contributed by atoms with van der Waals surface area (Å²) in [5, 5.41) is 10.7. The van der Waals surface area contributed by atoms with E-state index in [0.717, 1.165) is 32.2 Å².